The molecule has 10 rings (SSSR count). The zero-order valence-electron chi connectivity index (χ0n) is 27.9. The van der Waals surface area contributed by atoms with Crippen molar-refractivity contribution in [1.29, 1.82) is 0 Å². The average Bonchev–Trinajstić information content (AvgIpc) is 3.50. The summed E-state index contributed by atoms with van der Waals surface area (Å²) in [5, 5.41) is 0. The van der Waals surface area contributed by atoms with Crippen molar-refractivity contribution in [2.75, 3.05) is 0 Å². The maximum atomic E-state index is 7.45. The molecule has 7 aromatic carbocycles. The third-order valence-electron chi connectivity index (χ3n) is 10.2. The summed E-state index contributed by atoms with van der Waals surface area (Å²) in [5.41, 5.74) is 11.6. The Labute approximate surface area is 301 Å². The molecule has 1 aromatic heterocycles. The van der Waals surface area contributed by atoms with E-state index in [2.05, 4.69) is 77.6 Å². The molecule has 1 spiro atoms. The van der Waals surface area contributed by atoms with E-state index in [1.54, 1.807) is 0 Å². The molecule has 52 heavy (non-hydrogen) atoms. The molecule has 5 nitrogen and oxygen atoms in total. The lowest BCUT2D eigenvalue weighted by atomic mass is 9.65. The van der Waals surface area contributed by atoms with Crippen LogP contribution in [0, 0.1) is 6.57 Å². The number of fused-ring (bicyclic) bond motifs is 9. The molecule has 0 fully saturated rings. The molecule has 0 saturated carbocycles. The van der Waals surface area contributed by atoms with Crippen LogP contribution in [0.4, 0.5) is 5.69 Å². The number of hydrogen-bond donors (Lipinski definition) is 0. The van der Waals surface area contributed by atoms with Gasteiger partial charge in [-0.3, -0.25) is 0 Å². The molecule has 1 aliphatic carbocycles. The summed E-state index contributed by atoms with van der Waals surface area (Å²) in [6.07, 6.45) is 0. The van der Waals surface area contributed by atoms with E-state index < -0.39 is 5.41 Å². The zero-order valence-corrected chi connectivity index (χ0v) is 27.9. The Morgan fingerprint density at radius 1 is 0.404 bits per heavy atom. The van der Waals surface area contributed by atoms with E-state index in [0.717, 1.165) is 61.6 Å². The van der Waals surface area contributed by atoms with Gasteiger partial charge < -0.3 is 4.74 Å². The van der Waals surface area contributed by atoms with Gasteiger partial charge in [0, 0.05) is 27.8 Å². The Hall–Kier alpha value is -7.16. The molecule has 1 aliphatic heterocycles. The lowest BCUT2D eigenvalue weighted by Crippen LogP contribution is -2.32. The second-order valence-corrected chi connectivity index (χ2v) is 13.1. The highest BCUT2D eigenvalue weighted by Gasteiger charge is 2.51. The van der Waals surface area contributed by atoms with Gasteiger partial charge in [0.15, 0.2) is 23.2 Å². The van der Waals surface area contributed by atoms with Crippen molar-refractivity contribution in [3.8, 4) is 67.9 Å². The van der Waals surface area contributed by atoms with Crippen LogP contribution in [0.15, 0.2) is 170 Å². The third-order valence-corrected chi connectivity index (χ3v) is 10.2. The second kappa shape index (κ2) is 11.7. The number of ether oxygens (including phenoxy) is 1. The minimum atomic E-state index is -0.684. The van der Waals surface area contributed by atoms with E-state index in [9.17, 15) is 0 Å². The molecule has 0 atom stereocenters. The first-order chi connectivity index (χ1) is 25.7. The van der Waals surface area contributed by atoms with Gasteiger partial charge in [-0.1, -0.05) is 146 Å². The predicted molar refractivity (Wildman–Crippen MR) is 205 cm³/mol. The van der Waals surface area contributed by atoms with Crippen LogP contribution in [-0.2, 0) is 5.41 Å². The largest absolute Gasteiger partial charge is 0.457 e. The fourth-order valence-corrected chi connectivity index (χ4v) is 7.88. The first-order valence-electron chi connectivity index (χ1n) is 17.2. The van der Waals surface area contributed by atoms with Crippen molar-refractivity contribution >= 4 is 5.69 Å². The predicted octanol–water partition coefficient (Wildman–Crippen LogP) is 11.6. The van der Waals surface area contributed by atoms with Crippen LogP contribution in [0.2, 0.25) is 0 Å². The number of para-hydroxylation sites is 2. The van der Waals surface area contributed by atoms with Gasteiger partial charge in [-0.2, -0.15) is 0 Å². The van der Waals surface area contributed by atoms with Crippen LogP contribution in [0.25, 0.3) is 61.3 Å². The van der Waals surface area contributed by atoms with Gasteiger partial charge in [-0.05, 0) is 57.6 Å². The van der Waals surface area contributed by atoms with Crippen molar-refractivity contribution in [3.05, 3.63) is 204 Å². The summed E-state index contributed by atoms with van der Waals surface area (Å²) in [4.78, 5) is 18.7. The monoisotopic (exact) mass is 664 g/mol. The van der Waals surface area contributed by atoms with Crippen molar-refractivity contribution in [3.63, 3.8) is 0 Å². The van der Waals surface area contributed by atoms with E-state index in [0.29, 0.717) is 23.2 Å². The number of aromatic nitrogens is 3. The normalized spacial score (nSPS) is 12.9. The summed E-state index contributed by atoms with van der Waals surface area (Å²) in [6, 6.07) is 58.1. The molecular formula is C47H28N4O. The van der Waals surface area contributed by atoms with Crippen molar-refractivity contribution in [2.45, 2.75) is 5.41 Å². The molecule has 0 radical (unpaired) electrons. The molecule has 0 bridgehead atoms. The molecule has 2 aliphatic rings. The van der Waals surface area contributed by atoms with Gasteiger partial charge in [0.2, 0.25) is 0 Å². The Balaban J connectivity index is 1.25. The molecule has 242 valence electrons. The van der Waals surface area contributed by atoms with Gasteiger partial charge in [-0.25, -0.2) is 19.8 Å². The van der Waals surface area contributed by atoms with E-state index in [1.165, 1.54) is 11.1 Å². The van der Waals surface area contributed by atoms with E-state index >= 15 is 0 Å². The number of benzene rings is 7. The Morgan fingerprint density at radius 3 is 1.38 bits per heavy atom. The van der Waals surface area contributed by atoms with E-state index in [-0.39, 0.29) is 0 Å². The Bertz CT molecular complexity index is 2610. The molecular weight excluding hydrogens is 637 g/mol. The first kappa shape index (κ1) is 29.7. The lowest BCUT2D eigenvalue weighted by molar-refractivity contribution is 0.436. The van der Waals surface area contributed by atoms with Gasteiger partial charge >= 0.3 is 0 Å². The van der Waals surface area contributed by atoms with Crippen molar-refractivity contribution in [2.24, 2.45) is 0 Å². The topological polar surface area (TPSA) is 52.3 Å². The van der Waals surface area contributed by atoms with Gasteiger partial charge in [0.1, 0.15) is 11.5 Å². The van der Waals surface area contributed by atoms with Crippen LogP contribution < -0.4 is 4.74 Å². The van der Waals surface area contributed by atoms with Crippen LogP contribution in [0.5, 0.6) is 11.5 Å². The van der Waals surface area contributed by atoms with Crippen LogP contribution in [-0.4, -0.2) is 15.0 Å². The SMILES string of the molecule is [C-]#[N+]c1ccc(-c2ccc3c(c2)C2(c4ccccc4Oc4ccccc42)c2cc(-c4nc(-c5ccccc5)nc(-c5ccccc5)n4)ccc2-3)cc1. The maximum absolute atomic E-state index is 7.45. The van der Waals surface area contributed by atoms with Gasteiger partial charge in [0.05, 0.1) is 12.0 Å². The third kappa shape index (κ3) is 4.52. The van der Waals surface area contributed by atoms with Gasteiger partial charge in [0.25, 0.3) is 0 Å². The zero-order chi connectivity index (χ0) is 34.6. The number of hydrogen-bond acceptors (Lipinski definition) is 4. The van der Waals surface area contributed by atoms with E-state index in [4.69, 9.17) is 26.3 Å². The average molecular weight is 665 g/mol. The molecule has 8 aromatic rings. The van der Waals surface area contributed by atoms with Crippen molar-refractivity contribution < 1.29 is 4.74 Å². The molecule has 0 N–H and O–H groups in total. The van der Waals surface area contributed by atoms with E-state index in [1.807, 2.05) is 97.1 Å². The minimum Gasteiger partial charge on any atom is -0.457 e. The fourth-order valence-electron chi connectivity index (χ4n) is 7.88. The summed E-state index contributed by atoms with van der Waals surface area (Å²) < 4.78 is 6.62. The molecule has 5 heteroatoms. The Morgan fingerprint density at radius 2 is 0.846 bits per heavy atom. The van der Waals surface area contributed by atoms with Crippen molar-refractivity contribution in [1.82, 2.24) is 15.0 Å². The molecule has 2 heterocycles. The Kier molecular flexibility index (Phi) is 6.70. The maximum Gasteiger partial charge on any atom is 0.187 e. The van der Waals surface area contributed by atoms with Crippen LogP contribution in [0.3, 0.4) is 0 Å². The number of rotatable bonds is 4. The summed E-state index contributed by atoms with van der Waals surface area (Å²) >= 11 is 0. The van der Waals surface area contributed by atoms with Crippen LogP contribution in [0.1, 0.15) is 22.3 Å². The number of nitrogens with zero attached hydrogens (tertiary/aromatic N) is 4. The second-order valence-electron chi connectivity index (χ2n) is 13.1. The summed E-state index contributed by atoms with van der Waals surface area (Å²) in [7, 11) is 0. The van der Waals surface area contributed by atoms with Crippen LogP contribution >= 0.6 is 0 Å². The molecule has 0 unspecified atom stereocenters. The quantitative estimate of drug-likeness (QED) is 0.176. The first-order valence-corrected chi connectivity index (χ1v) is 17.2. The summed E-state index contributed by atoms with van der Waals surface area (Å²) in [5.74, 6) is 3.51. The highest BCUT2D eigenvalue weighted by Crippen LogP contribution is 2.62. The highest BCUT2D eigenvalue weighted by atomic mass is 16.5. The smallest absolute Gasteiger partial charge is 0.187 e. The van der Waals surface area contributed by atoms with Gasteiger partial charge in [-0.15, -0.1) is 0 Å². The molecule has 0 saturated heterocycles. The summed E-state index contributed by atoms with van der Waals surface area (Å²) in [6.45, 7) is 7.45. The highest BCUT2D eigenvalue weighted by molar-refractivity contribution is 5.91. The lowest BCUT2D eigenvalue weighted by Gasteiger charge is -2.39. The molecule has 0 amide bonds. The standard InChI is InChI=1S/C47H28N4O/c1-48-35-24-20-30(21-25-35)33-22-26-36-37-27-23-34(46-50-44(31-12-4-2-5-13-31)49-45(51-46)32-14-6-3-7-15-32)29-41(37)47(40(36)28-33)38-16-8-10-18-42(38)52-43-19-11-9-17-39(43)47/h2-29H. The minimum absolute atomic E-state index is 0.607. The fraction of sp³-hybridized carbons (Fsp3) is 0.0213.